The standard InChI is InChI=1S/C23H21N3OS/c1-5-10-26-20-12-14(2)11-15(3)21(20)28-23(26)25-22(27)18-8-9-19-17(13-18)7-6-16(4)24-19/h5-9,11-13H,1,10H2,2-4H3. The molecule has 0 aliphatic carbocycles. The fourth-order valence-corrected chi connectivity index (χ4v) is 4.50. The lowest BCUT2D eigenvalue weighted by molar-refractivity contribution is 0.0998. The number of rotatable bonds is 3. The lowest BCUT2D eigenvalue weighted by atomic mass is 10.1. The second kappa shape index (κ2) is 7.17. The van der Waals surface area contributed by atoms with Gasteiger partial charge in [0.1, 0.15) is 0 Å². The summed E-state index contributed by atoms with van der Waals surface area (Å²) in [5.41, 5.74) is 5.87. The van der Waals surface area contributed by atoms with Gasteiger partial charge in [-0.1, -0.05) is 29.5 Å². The molecule has 4 rings (SSSR count). The number of fused-ring (bicyclic) bond motifs is 2. The highest BCUT2D eigenvalue weighted by atomic mass is 32.1. The van der Waals surface area contributed by atoms with E-state index in [1.165, 1.54) is 11.1 Å². The molecule has 28 heavy (non-hydrogen) atoms. The van der Waals surface area contributed by atoms with Crippen LogP contribution >= 0.6 is 11.3 Å². The van der Waals surface area contributed by atoms with Crippen molar-refractivity contribution in [1.29, 1.82) is 0 Å². The third-order valence-electron chi connectivity index (χ3n) is 4.70. The molecule has 0 spiro atoms. The SMILES string of the molecule is C=CCn1c(=NC(=O)c2ccc3nc(C)ccc3c2)sc2c(C)cc(C)cc21. The number of aromatic nitrogens is 2. The quantitative estimate of drug-likeness (QED) is 0.459. The Labute approximate surface area is 167 Å². The Kier molecular flexibility index (Phi) is 4.69. The minimum atomic E-state index is -0.249. The molecule has 0 unspecified atom stereocenters. The van der Waals surface area contributed by atoms with Crippen molar-refractivity contribution in [2.45, 2.75) is 27.3 Å². The van der Waals surface area contributed by atoms with Gasteiger partial charge < -0.3 is 4.57 Å². The summed E-state index contributed by atoms with van der Waals surface area (Å²) in [4.78, 5) is 22.5. The Balaban J connectivity index is 1.86. The van der Waals surface area contributed by atoms with E-state index in [0.29, 0.717) is 16.9 Å². The van der Waals surface area contributed by atoms with Crippen LogP contribution in [0.4, 0.5) is 0 Å². The minimum absolute atomic E-state index is 0.249. The number of amides is 1. The molecular formula is C23H21N3OS. The van der Waals surface area contributed by atoms with E-state index in [1.54, 1.807) is 17.4 Å². The number of nitrogens with zero attached hydrogens (tertiary/aromatic N) is 3. The van der Waals surface area contributed by atoms with E-state index in [0.717, 1.165) is 26.8 Å². The Bertz CT molecular complexity index is 1310. The summed E-state index contributed by atoms with van der Waals surface area (Å²) in [5, 5.41) is 0.938. The van der Waals surface area contributed by atoms with Gasteiger partial charge in [-0.2, -0.15) is 4.99 Å². The maximum absolute atomic E-state index is 12.9. The molecule has 0 aliphatic rings. The van der Waals surface area contributed by atoms with Crippen LogP contribution in [0.25, 0.3) is 21.1 Å². The lowest BCUT2D eigenvalue weighted by Gasteiger charge is -2.04. The van der Waals surface area contributed by atoms with Crippen molar-refractivity contribution >= 4 is 38.4 Å². The molecule has 0 bridgehead atoms. The van der Waals surface area contributed by atoms with Gasteiger partial charge >= 0.3 is 0 Å². The summed E-state index contributed by atoms with van der Waals surface area (Å²) in [6.07, 6.45) is 1.83. The molecule has 4 nitrogen and oxygen atoms in total. The first kappa shape index (κ1) is 18.3. The number of hydrogen-bond acceptors (Lipinski definition) is 3. The predicted molar refractivity (Wildman–Crippen MR) is 116 cm³/mol. The van der Waals surface area contributed by atoms with Crippen molar-refractivity contribution in [3.8, 4) is 0 Å². The first-order valence-electron chi connectivity index (χ1n) is 9.14. The molecule has 0 fully saturated rings. The fourth-order valence-electron chi connectivity index (χ4n) is 3.42. The van der Waals surface area contributed by atoms with Gasteiger partial charge in [0.25, 0.3) is 5.91 Å². The van der Waals surface area contributed by atoms with Crippen molar-refractivity contribution in [2.75, 3.05) is 0 Å². The van der Waals surface area contributed by atoms with Crippen LogP contribution in [0.15, 0.2) is 60.1 Å². The van der Waals surface area contributed by atoms with E-state index in [1.807, 2.05) is 37.3 Å². The van der Waals surface area contributed by atoms with Crippen LogP contribution in [0.1, 0.15) is 27.2 Å². The summed E-state index contributed by atoms with van der Waals surface area (Å²) in [5.74, 6) is -0.249. The first-order valence-corrected chi connectivity index (χ1v) is 9.96. The number of pyridine rings is 1. The summed E-state index contributed by atoms with van der Waals surface area (Å²) in [6.45, 7) is 10.6. The molecule has 0 saturated heterocycles. The third-order valence-corrected chi connectivity index (χ3v) is 5.93. The highest BCUT2D eigenvalue weighted by Gasteiger charge is 2.11. The van der Waals surface area contributed by atoms with Gasteiger partial charge in [0.05, 0.1) is 15.7 Å². The molecule has 0 N–H and O–H groups in total. The molecule has 0 radical (unpaired) electrons. The zero-order valence-corrected chi connectivity index (χ0v) is 17.0. The largest absolute Gasteiger partial charge is 0.312 e. The second-order valence-corrected chi connectivity index (χ2v) is 7.97. The summed E-state index contributed by atoms with van der Waals surface area (Å²) >= 11 is 1.54. The number of aryl methyl sites for hydroxylation is 3. The van der Waals surface area contributed by atoms with Gasteiger partial charge in [-0.3, -0.25) is 9.78 Å². The number of hydrogen-bond donors (Lipinski definition) is 0. The molecule has 5 heteroatoms. The van der Waals surface area contributed by atoms with E-state index in [-0.39, 0.29) is 5.91 Å². The Morgan fingerprint density at radius 1 is 1.18 bits per heavy atom. The monoisotopic (exact) mass is 387 g/mol. The van der Waals surface area contributed by atoms with Crippen molar-refractivity contribution < 1.29 is 4.79 Å². The first-order chi connectivity index (χ1) is 13.5. The van der Waals surface area contributed by atoms with Crippen LogP contribution in [-0.4, -0.2) is 15.5 Å². The van der Waals surface area contributed by atoms with Crippen molar-refractivity contribution in [2.24, 2.45) is 4.99 Å². The average molecular weight is 388 g/mol. The molecule has 2 heterocycles. The zero-order chi connectivity index (χ0) is 19.8. The maximum Gasteiger partial charge on any atom is 0.279 e. The second-order valence-electron chi connectivity index (χ2n) is 6.99. The molecule has 1 amide bonds. The molecule has 2 aromatic carbocycles. The number of thiazole rings is 1. The fraction of sp³-hybridized carbons (Fsp3) is 0.174. The maximum atomic E-state index is 12.9. The van der Waals surface area contributed by atoms with Gasteiger partial charge in [-0.15, -0.1) is 6.58 Å². The van der Waals surface area contributed by atoms with Crippen molar-refractivity contribution in [3.63, 3.8) is 0 Å². The van der Waals surface area contributed by atoms with E-state index in [2.05, 4.69) is 47.1 Å². The van der Waals surface area contributed by atoms with E-state index in [9.17, 15) is 4.79 Å². The van der Waals surface area contributed by atoms with Gasteiger partial charge in [-0.05, 0) is 62.2 Å². The summed E-state index contributed by atoms with van der Waals surface area (Å²) in [7, 11) is 0. The topological polar surface area (TPSA) is 47.2 Å². The Morgan fingerprint density at radius 3 is 2.79 bits per heavy atom. The van der Waals surface area contributed by atoms with E-state index in [4.69, 9.17) is 0 Å². The summed E-state index contributed by atoms with van der Waals surface area (Å²) in [6, 6.07) is 13.7. The number of allylic oxidation sites excluding steroid dienone is 1. The highest BCUT2D eigenvalue weighted by molar-refractivity contribution is 7.16. The highest BCUT2D eigenvalue weighted by Crippen LogP contribution is 2.23. The normalized spacial score (nSPS) is 12.0. The van der Waals surface area contributed by atoms with Crippen LogP contribution in [0.5, 0.6) is 0 Å². The van der Waals surface area contributed by atoms with Gasteiger partial charge in [0, 0.05) is 23.2 Å². The molecule has 0 aliphatic heterocycles. The van der Waals surface area contributed by atoms with E-state index >= 15 is 0 Å². The number of carbonyl (C=O) groups excluding carboxylic acids is 1. The van der Waals surface area contributed by atoms with Gasteiger partial charge in [-0.25, -0.2) is 0 Å². The average Bonchev–Trinajstić information content (AvgIpc) is 2.99. The zero-order valence-electron chi connectivity index (χ0n) is 16.2. The van der Waals surface area contributed by atoms with Gasteiger partial charge in [0.2, 0.25) is 0 Å². The molecule has 4 aromatic rings. The van der Waals surface area contributed by atoms with E-state index < -0.39 is 0 Å². The molecule has 2 aromatic heterocycles. The number of benzene rings is 2. The smallest absolute Gasteiger partial charge is 0.279 e. The van der Waals surface area contributed by atoms with Gasteiger partial charge in [0.15, 0.2) is 4.80 Å². The number of carbonyl (C=O) groups is 1. The molecule has 0 saturated carbocycles. The van der Waals surface area contributed by atoms with Crippen molar-refractivity contribution in [3.05, 3.63) is 82.3 Å². The Morgan fingerprint density at radius 2 is 2.00 bits per heavy atom. The van der Waals surface area contributed by atoms with Crippen LogP contribution in [0.2, 0.25) is 0 Å². The third kappa shape index (κ3) is 3.29. The lowest BCUT2D eigenvalue weighted by Crippen LogP contribution is -2.16. The predicted octanol–water partition coefficient (Wildman–Crippen LogP) is 5.10. The van der Waals surface area contributed by atoms with Crippen LogP contribution < -0.4 is 4.80 Å². The van der Waals surface area contributed by atoms with Crippen LogP contribution in [-0.2, 0) is 6.54 Å². The minimum Gasteiger partial charge on any atom is -0.312 e. The Hall–Kier alpha value is -3.05. The van der Waals surface area contributed by atoms with Crippen molar-refractivity contribution in [1.82, 2.24) is 9.55 Å². The van der Waals surface area contributed by atoms with Crippen LogP contribution in [0, 0.1) is 20.8 Å². The molecular weight excluding hydrogens is 366 g/mol. The molecule has 140 valence electrons. The van der Waals surface area contributed by atoms with Crippen LogP contribution in [0.3, 0.4) is 0 Å². The molecule has 0 atom stereocenters. The summed E-state index contributed by atoms with van der Waals surface area (Å²) < 4.78 is 3.20.